The Kier molecular flexibility index (Phi) is 7.42. The zero-order valence-electron chi connectivity index (χ0n) is 15.8. The molecule has 0 fully saturated rings. The average Bonchev–Trinajstić information content (AvgIpc) is 3.19. The Hall–Kier alpha value is -2.21. The van der Waals surface area contributed by atoms with Crippen molar-refractivity contribution in [2.24, 2.45) is 0 Å². The Balaban J connectivity index is 1.75. The second-order valence-corrected chi connectivity index (χ2v) is 8.20. The molecule has 29 heavy (non-hydrogen) atoms. The number of phenolic OH excluding ortho intramolecular Hbond substituents is 1. The lowest BCUT2D eigenvalue weighted by atomic mass is 10.00. The number of carbonyl (C=O) groups is 1. The number of hydrogen-bond acceptors (Lipinski definition) is 5. The maximum Gasteiger partial charge on any atom is 0.344 e. The van der Waals surface area contributed by atoms with Crippen LogP contribution in [-0.2, 0) is 22.4 Å². The summed E-state index contributed by atoms with van der Waals surface area (Å²) >= 11 is 14.5. The molecule has 7 heteroatoms. The minimum absolute atomic E-state index is 0.204. The average molecular weight is 451 g/mol. The van der Waals surface area contributed by atoms with Gasteiger partial charge in [-0.2, -0.15) is 0 Å². The van der Waals surface area contributed by atoms with Crippen LogP contribution in [0, 0.1) is 0 Å². The predicted octanol–water partition coefficient (Wildman–Crippen LogP) is 5.88. The second kappa shape index (κ2) is 10.0. The van der Waals surface area contributed by atoms with Gasteiger partial charge in [0, 0.05) is 27.8 Å². The topological polar surface area (TPSA) is 55.8 Å². The van der Waals surface area contributed by atoms with E-state index >= 15 is 0 Å². The zero-order chi connectivity index (χ0) is 20.8. The minimum atomic E-state index is -0.453. The van der Waals surface area contributed by atoms with E-state index in [2.05, 4.69) is 0 Å². The van der Waals surface area contributed by atoms with Crippen molar-refractivity contribution in [3.8, 4) is 11.5 Å². The van der Waals surface area contributed by atoms with E-state index in [4.69, 9.17) is 32.7 Å². The summed E-state index contributed by atoms with van der Waals surface area (Å²) in [5.74, 6) is 0.217. The van der Waals surface area contributed by atoms with Gasteiger partial charge in [0.2, 0.25) is 0 Å². The number of carbonyl (C=O) groups excluding carboxylic acids is 1. The molecule has 0 saturated carbocycles. The van der Waals surface area contributed by atoms with Crippen molar-refractivity contribution in [1.29, 1.82) is 0 Å². The Bertz CT molecular complexity index is 963. The molecule has 2 aromatic carbocycles. The van der Waals surface area contributed by atoms with E-state index < -0.39 is 5.97 Å². The van der Waals surface area contributed by atoms with Crippen LogP contribution < -0.4 is 4.74 Å². The van der Waals surface area contributed by atoms with Gasteiger partial charge in [0.1, 0.15) is 11.5 Å². The SMILES string of the molecule is CCOC(=O)COc1cc(Cl)c(Cc2ccc(O)c(Cc3cccs3)c2)c(Cl)c1. The highest BCUT2D eigenvalue weighted by molar-refractivity contribution is 7.09. The Morgan fingerprint density at radius 2 is 1.86 bits per heavy atom. The fourth-order valence-electron chi connectivity index (χ4n) is 2.87. The molecule has 0 bridgehead atoms. The molecular formula is C22H20Cl2O4S. The minimum Gasteiger partial charge on any atom is -0.508 e. The van der Waals surface area contributed by atoms with E-state index in [-0.39, 0.29) is 12.4 Å². The monoisotopic (exact) mass is 450 g/mol. The highest BCUT2D eigenvalue weighted by atomic mass is 35.5. The van der Waals surface area contributed by atoms with Gasteiger partial charge in [-0.25, -0.2) is 4.79 Å². The van der Waals surface area contributed by atoms with E-state index in [1.807, 2.05) is 29.6 Å². The van der Waals surface area contributed by atoms with Crippen LogP contribution in [0.15, 0.2) is 47.8 Å². The zero-order valence-corrected chi connectivity index (χ0v) is 18.1. The van der Waals surface area contributed by atoms with Crippen LogP contribution in [0.2, 0.25) is 10.0 Å². The fourth-order valence-corrected chi connectivity index (χ4v) is 4.20. The van der Waals surface area contributed by atoms with E-state index in [1.165, 1.54) is 4.88 Å². The third-order valence-corrected chi connectivity index (χ3v) is 5.80. The predicted molar refractivity (Wildman–Crippen MR) is 117 cm³/mol. The lowest BCUT2D eigenvalue weighted by Gasteiger charge is -2.12. The van der Waals surface area contributed by atoms with E-state index in [0.717, 1.165) is 16.7 Å². The van der Waals surface area contributed by atoms with Crippen LogP contribution in [0.1, 0.15) is 28.5 Å². The van der Waals surface area contributed by atoms with Crippen molar-refractivity contribution in [1.82, 2.24) is 0 Å². The van der Waals surface area contributed by atoms with Crippen LogP contribution in [0.4, 0.5) is 0 Å². The fraction of sp³-hybridized carbons (Fsp3) is 0.227. The molecule has 3 rings (SSSR count). The lowest BCUT2D eigenvalue weighted by molar-refractivity contribution is -0.145. The van der Waals surface area contributed by atoms with Crippen LogP contribution in [0.25, 0.3) is 0 Å². The largest absolute Gasteiger partial charge is 0.508 e. The maximum absolute atomic E-state index is 11.4. The summed E-state index contributed by atoms with van der Waals surface area (Å²) in [6, 6.07) is 12.8. The number of phenols is 1. The standard InChI is InChI=1S/C22H20Cl2O4S/c1-2-27-22(26)13-28-16-11-19(23)18(20(24)12-16)9-14-5-6-21(25)15(8-14)10-17-4-3-7-29-17/h3-8,11-12,25H,2,9-10,13H2,1H3. The molecule has 0 aliphatic rings. The molecule has 0 amide bonds. The van der Waals surface area contributed by atoms with Crippen molar-refractivity contribution >= 4 is 40.5 Å². The summed E-state index contributed by atoms with van der Waals surface area (Å²) in [4.78, 5) is 12.6. The molecule has 4 nitrogen and oxygen atoms in total. The molecule has 0 unspecified atom stereocenters. The summed E-state index contributed by atoms with van der Waals surface area (Å²) < 4.78 is 10.2. The van der Waals surface area contributed by atoms with E-state index in [9.17, 15) is 9.90 Å². The molecule has 1 N–H and O–H groups in total. The highest BCUT2D eigenvalue weighted by Gasteiger charge is 2.13. The third kappa shape index (κ3) is 5.89. The smallest absolute Gasteiger partial charge is 0.344 e. The van der Waals surface area contributed by atoms with Crippen molar-refractivity contribution in [2.45, 2.75) is 19.8 Å². The Morgan fingerprint density at radius 3 is 2.52 bits per heavy atom. The summed E-state index contributed by atoms with van der Waals surface area (Å²) in [5, 5.41) is 13.1. The number of rotatable bonds is 8. The Labute approximate surface area is 183 Å². The van der Waals surface area contributed by atoms with E-state index in [1.54, 1.807) is 36.5 Å². The molecule has 1 aromatic heterocycles. The van der Waals surface area contributed by atoms with Gasteiger partial charge in [-0.15, -0.1) is 11.3 Å². The van der Waals surface area contributed by atoms with Gasteiger partial charge in [-0.1, -0.05) is 41.4 Å². The van der Waals surface area contributed by atoms with Crippen LogP contribution in [0.5, 0.6) is 11.5 Å². The number of benzene rings is 2. The van der Waals surface area contributed by atoms with Gasteiger partial charge in [-0.05, 0) is 53.3 Å². The first-order valence-corrected chi connectivity index (χ1v) is 10.7. The highest BCUT2D eigenvalue weighted by Crippen LogP contribution is 2.33. The van der Waals surface area contributed by atoms with Gasteiger partial charge in [0.15, 0.2) is 6.61 Å². The van der Waals surface area contributed by atoms with Crippen molar-refractivity contribution < 1.29 is 19.4 Å². The summed E-state index contributed by atoms with van der Waals surface area (Å²) in [7, 11) is 0. The maximum atomic E-state index is 11.4. The molecule has 0 atom stereocenters. The summed E-state index contributed by atoms with van der Waals surface area (Å²) in [5.41, 5.74) is 2.59. The summed E-state index contributed by atoms with van der Waals surface area (Å²) in [6.45, 7) is 1.82. The molecule has 0 aliphatic heterocycles. The number of hydrogen-bond donors (Lipinski definition) is 1. The quantitative estimate of drug-likeness (QED) is 0.435. The first-order valence-electron chi connectivity index (χ1n) is 9.05. The number of halogens is 2. The van der Waals surface area contributed by atoms with Crippen molar-refractivity contribution in [3.63, 3.8) is 0 Å². The van der Waals surface area contributed by atoms with Gasteiger partial charge < -0.3 is 14.6 Å². The van der Waals surface area contributed by atoms with Crippen molar-refractivity contribution in [3.05, 3.63) is 79.5 Å². The van der Waals surface area contributed by atoms with Gasteiger partial charge >= 0.3 is 5.97 Å². The normalized spacial score (nSPS) is 10.7. The number of aromatic hydroxyl groups is 1. The number of ether oxygens (including phenoxy) is 2. The first kappa shape index (κ1) is 21.5. The third-order valence-electron chi connectivity index (χ3n) is 4.25. The molecule has 0 spiro atoms. The van der Waals surface area contributed by atoms with Gasteiger partial charge in [0.05, 0.1) is 6.61 Å². The Morgan fingerprint density at radius 1 is 1.10 bits per heavy atom. The van der Waals surface area contributed by atoms with Crippen LogP contribution in [0.3, 0.4) is 0 Å². The molecule has 152 valence electrons. The van der Waals surface area contributed by atoms with Crippen LogP contribution >= 0.6 is 34.5 Å². The first-order chi connectivity index (χ1) is 14.0. The van der Waals surface area contributed by atoms with Gasteiger partial charge in [-0.3, -0.25) is 0 Å². The molecule has 3 aromatic rings. The second-order valence-electron chi connectivity index (χ2n) is 6.36. The number of thiophene rings is 1. The summed E-state index contributed by atoms with van der Waals surface area (Å²) in [6.07, 6.45) is 1.17. The van der Waals surface area contributed by atoms with Crippen LogP contribution in [-0.4, -0.2) is 24.3 Å². The molecular weight excluding hydrogens is 431 g/mol. The van der Waals surface area contributed by atoms with Gasteiger partial charge in [0.25, 0.3) is 0 Å². The number of esters is 1. The lowest BCUT2D eigenvalue weighted by Crippen LogP contribution is -2.14. The molecule has 0 aliphatic carbocycles. The molecule has 0 radical (unpaired) electrons. The molecule has 0 saturated heterocycles. The van der Waals surface area contributed by atoms with E-state index in [0.29, 0.717) is 35.2 Å². The molecule has 1 heterocycles. The van der Waals surface area contributed by atoms with Crippen molar-refractivity contribution in [2.75, 3.05) is 13.2 Å².